The van der Waals surface area contributed by atoms with Crippen LogP contribution in [0.2, 0.25) is 0 Å². The van der Waals surface area contributed by atoms with Gasteiger partial charge in [0, 0.05) is 16.5 Å². The average molecular weight is 448 g/mol. The molecule has 0 aliphatic rings. The van der Waals surface area contributed by atoms with Gasteiger partial charge >= 0.3 is 0 Å². The summed E-state index contributed by atoms with van der Waals surface area (Å²) < 4.78 is 3.54. The van der Waals surface area contributed by atoms with E-state index in [2.05, 4.69) is 130 Å². The quantitative estimate of drug-likeness (QED) is 0.235. The SMILES string of the molecule is Brc1c(-c2ccccc2)n(-c2ccccc2)c2c3ccccc3c3ccccc3c12. The Morgan fingerprint density at radius 3 is 1.67 bits per heavy atom. The van der Waals surface area contributed by atoms with Crippen LogP contribution in [0, 0.1) is 0 Å². The molecular weight excluding hydrogens is 430 g/mol. The second-order valence-corrected chi connectivity index (χ2v) is 8.31. The predicted octanol–water partition coefficient (Wildman–Crippen LogP) is 8.37. The highest BCUT2D eigenvalue weighted by Gasteiger charge is 2.22. The van der Waals surface area contributed by atoms with Crippen LogP contribution in [-0.4, -0.2) is 4.57 Å². The summed E-state index contributed by atoms with van der Waals surface area (Å²) in [6.45, 7) is 0. The van der Waals surface area contributed by atoms with Gasteiger partial charge in [0.15, 0.2) is 0 Å². The molecule has 1 heterocycles. The standard InChI is InChI=1S/C28H18BrN/c29-26-25-23-17-9-7-15-21(23)22-16-8-10-18-24(22)28(25)30(20-13-5-2-6-14-20)27(26)19-11-3-1-4-12-19/h1-18H. The zero-order valence-corrected chi connectivity index (χ0v) is 17.8. The molecule has 2 heteroatoms. The summed E-state index contributed by atoms with van der Waals surface area (Å²) in [6, 6.07) is 38.7. The van der Waals surface area contributed by atoms with Crippen LogP contribution in [0.4, 0.5) is 0 Å². The monoisotopic (exact) mass is 447 g/mol. The van der Waals surface area contributed by atoms with Crippen LogP contribution >= 0.6 is 15.9 Å². The molecule has 1 nitrogen and oxygen atoms in total. The van der Waals surface area contributed by atoms with Gasteiger partial charge in [0.1, 0.15) is 0 Å². The molecule has 0 radical (unpaired) electrons. The fourth-order valence-electron chi connectivity index (χ4n) is 4.59. The Balaban J connectivity index is 1.94. The first-order chi connectivity index (χ1) is 14.8. The number of fused-ring (bicyclic) bond motifs is 6. The van der Waals surface area contributed by atoms with E-state index in [-0.39, 0.29) is 0 Å². The van der Waals surface area contributed by atoms with Gasteiger partial charge in [-0.15, -0.1) is 0 Å². The molecular formula is C28H18BrN. The third kappa shape index (κ3) is 2.47. The summed E-state index contributed by atoms with van der Waals surface area (Å²) in [7, 11) is 0. The van der Waals surface area contributed by atoms with E-state index in [0.717, 1.165) is 10.2 Å². The summed E-state index contributed by atoms with van der Waals surface area (Å²) in [4.78, 5) is 0. The number of nitrogens with zero attached hydrogens (tertiary/aromatic N) is 1. The van der Waals surface area contributed by atoms with Gasteiger partial charge < -0.3 is 4.57 Å². The van der Waals surface area contributed by atoms with Crippen LogP contribution in [0.25, 0.3) is 49.4 Å². The van der Waals surface area contributed by atoms with E-state index in [4.69, 9.17) is 0 Å². The molecule has 5 aromatic carbocycles. The van der Waals surface area contributed by atoms with Crippen molar-refractivity contribution >= 4 is 48.4 Å². The van der Waals surface area contributed by atoms with Crippen molar-refractivity contribution in [3.8, 4) is 16.9 Å². The van der Waals surface area contributed by atoms with E-state index in [0.29, 0.717) is 0 Å². The number of rotatable bonds is 2. The lowest BCUT2D eigenvalue weighted by Gasteiger charge is -2.14. The van der Waals surface area contributed by atoms with Crippen molar-refractivity contribution in [1.29, 1.82) is 0 Å². The minimum atomic E-state index is 1.13. The lowest BCUT2D eigenvalue weighted by atomic mass is 9.98. The highest BCUT2D eigenvalue weighted by Crippen LogP contribution is 2.46. The van der Waals surface area contributed by atoms with Crippen molar-refractivity contribution in [3.63, 3.8) is 0 Å². The summed E-state index contributed by atoms with van der Waals surface area (Å²) >= 11 is 4.02. The van der Waals surface area contributed by atoms with Gasteiger partial charge in [0.05, 0.1) is 15.7 Å². The van der Waals surface area contributed by atoms with Gasteiger partial charge in [-0.25, -0.2) is 0 Å². The zero-order valence-electron chi connectivity index (χ0n) is 16.2. The first-order valence-electron chi connectivity index (χ1n) is 10.1. The van der Waals surface area contributed by atoms with Crippen molar-refractivity contribution in [2.75, 3.05) is 0 Å². The summed E-state index contributed by atoms with van der Waals surface area (Å²) in [5.41, 5.74) is 4.77. The summed E-state index contributed by atoms with van der Waals surface area (Å²) in [6.07, 6.45) is 0. The Hall–Kier alpha value is -3.36. The Kier molecular flexibility index (Phi) is 4.00. The molecule has 0 aliphatic heterocycles. The van der Waals surface area contributed by atoms with Gasteiger partial charge in [0.2, 0.25) is 0 Å². The maximum Gasteiger partial charge on any atom is 0.0683 e. The molecule has 0 spiro atoms. The highest BCUT2D eigenvalue weighted by atomic mass is 79.9. The lowest BCUT2D eigenvalue weighted by molar-refractivity contribution is 1.14. The van der Waals surface area contributed by atoms with E-state index in [1.165, 1.54) is 43.7 Å². The van der Waals surface area contributed by atoms with E-state index < -0.39 is 0 Å². The van der Waals surface area contributed by atoms with Gasteiger partial charge in [-0.2, -0.15) is 0 Å². The summed E-state index contributed by atoms with van der Waals surface area (Å²) in [5, 5.41) is 6.35. The topological polar surface area (TPSA) is 4.93 Å². The normalized spacial score (nSPS) is 11.5. The number of benzene rings is 5. The van der Waals surface area contributed by atoms with E-state index in [9.17, 15) is 0 Å². The number of halogens is 1. The average Bonchev–Trinajstić information content (AvgIpc) is 3.14. The van der Waals surface area contributed by atoms with E-state index in [1.54, 1.807) is 0 Å². The maximum atomic E-state index is 4.02. The Bertz CT molecular complexity index is 1530. The van der Waals surface area contributed by atoms with Crippen LogP contribution in [0.1, 0.15) is 0 Å². The largest absolute Gasteiger partial charge is 0.307 e. The van der Waals surface area contributed by atoms with E-state index >= 15 is 0 Å². The van der Waals surface area contributed by atoms with Crippen molar-refractivity contribution in [2.24, 2.45) is 0 Å². The Morgan fingerprint density at radius 1 is 0.500 bits per heavy atom. The molecule has 0 aliphatic carbocycles. The van der Waals surface area contributed by atoms with Crippen LogP contribution in [-0.2, 0) is 0 Å². The molecule has 0 bridgehead atoms. The molecule has 0 saturated heterocycles. The van der Waals surface area contributed by atoms with Crippen molar-refractivity contribution in [3.05, 3.63) is 114 Å². The zero-order chi connectivity index (χ0) is 20.1. The molecule has 30 heavy (non-hydrogen) atoms. The van der Waals surface area contributed by atoms with E-state index in [1.807, 2.05) is 0 Å². The third-order valence-electron chi connectivity index (χ3n) is 5.84. The Labute approximate surface area is 183 Å². The molecule has 0 amide bonds. The van der Waals surface area contributed by atoms with Crippen LogP contribution in [0.5, 0.6) is 0 Å². The number of para-hydroxylation sites is 1. The van der Waals surface area contributed by atoms with Gasteiger partial charge in [0.25, 0.3) is 0 Å². The molecule has 142 valence electrons. The van der Waals surface area contributed by atoms with Crippen LogP contribution in [0.3, 0.4) is 0 Å². The third-order valence-corrected chi connectivity index (χ3v) is 6.61. The maximum absolute atomic E-state index is 4.02. The predicted molar refractivity (Wildman–Crippen MR) is 131 cm³/mol. The highest BCUT2D eigenvalue weighted by molar-refractivity contribution is 9.10. The molecule has 1 aromatic heterocycles. The molecule has 0 N–H and O–H groups in total. The van der Waals surface area contributed by atoms with Crippen molar-refractivity contribution in [1.82, 2.24) is 4.57 Å². The fourth-order valence-corrected chi connectivity index (χ4v) is 5.40. The molecule has 6 rings (SSSR count). The molecule has 0 saturated carbocycles. The Morgan fingerprint density at radius 2 is 1.00 bits per heavy atom. The smallest absolute Gasteiger partial charge is 0.0683 e. The van der Waals surface area contributed by atoms with Crippen molar-refractivity contribution in [2.45, 2.75) is 0 Å². The first kappa shape index (κ1) is 17.5. The van der Waals surface area contributed by atoms with Crippen LogP contribution in [0.15, 0.2) is 114 Å². The molecule has 0 atom stereocenters. The number of hydrogen-bond acceptors (Lipinski definition) is 0. The second-order valence-electron chi connectivity index (χ2n) is 7.51. The minimum Gasteiger partial charge on any atom is -0.307 e. The van der Waals surface area contributed by atoms with Gasteiger partial charge in [-0.1, -0.05) is 97.1 Å². The number of hydrogen-bond donors (Lipinski definition) is 0. The first-order valence-corrected chi connectivity index (χ1v) is 10.9. The lowest BCUT2D eigenvalue weighted by Crippen LogP contribution is -1.97. The fraction of sp³-hybridized carbons (Fsp3) is 0. The molecule has 0 unspecified atom stereocenters. The molecule has 0 fully saturated rings. The summed E-state index contributed by atoms with van der Waals surface area (Å²) in [5.74, 6) is 0. The van der Waals surface area contributed by atoms with Gasteiger partial charge in [-0.05, 0) is 49.8 Å². The van der Waals surface area contributed by atoms with Gasteiger partial charge in [-0.3, -0.25) is 0 Å². The molecule has 6 aromatic rings. The van der Waals surface area contributed by atoms with Crippen LogP contribution < -0.4 is 0 Å². The second kappa shape index (κ2) is 6.86. The minimum absolute atomic E-state index is 1.13. The number of aromatic nitrogens is 1. The van der Waals surface area contributed by atoms with Crippen molar-refractivity contribution < 1.29 is 0 Å².